The Kier molecular flexibility index (Phi) is 3.60. The number of sulfonamides is 1. The molecule has 1 aliphatic rings. The summed E-state index contributed by atoms with van der Waals surface area (Å²) < 4.78 is 26.0. The van der Waals surface area contributed by atoms with E-state index < -0.39 is 10.0 Å². The van der Waals surface area contributed by atoms with E-state index in [9.17, 15) is 8.42 Å². The highest BCUT2D eigenvalue weighted by Crippen LogP contribution is 2.27. The third kappa shape index (κ3) is 2.82. The fraction of sp³-hybridized carbons (Fsp3) is 0.700. The zero-order valence-electron chi connectivity index (χ0n) is 9.15. The molecule has 5 nitrogen and oxygen atoms in total. The molecule has 0 amide bonds. The Balaban J connectivity index is 1.81. The number of rotatable bonds is 5. The molecule has 2 rings (SSSR count). The number of nitrogens with zero attached hydrogens (tertiary/aromatic N) is 1. The zero-order chi connectivity index (χ0) is 11.4. The van der Waals surface area contributed by atoms with Crippen molar-refractivity contribution in [1.29, 1.82) is 0 Å². The van der Waals surface area contributed by atoms with Crippen LogP contribution in [0.15, 0.2) is 17.3 Å². The van der Waals surface area contributed by atoms with Gasteiger partial charge in [-0.25, -0.2) is 13.1 Å². The van der Waals surface area contributed by atoms with Gasteiger partial charge in [-0.05, 0) is 12.3 Å². The van der Waals surface area contributed by atoms with Gasteiger partial charge in [-0.2, -0.15) is 5.10 Å². The molecule has 2 N–H and O–H groups in total. The van der Waals surface area contributed by atoms with Crippen molar-refractivity contribution < 1.29 is 8.42 Å². The van der Waals surface area contributed by atoms with Crippen LogP contribution < -0.4 is 4.72 Å². The van der Waals surface area contributed by atoms with Crippen molar-refractivity contribution in [3.05, 3.63) is 12.4 Å². The standard InChI is InChI=1S/C10H17N3O2S/c14-16(15,10-7-11-12-8-10)13-6-5-9-3-1-2-4-9/h7-9,13H,1-6H2,(H,11,12). The Bertz CT molecular complexity index is 407. The predicted octanol–water partition coefficient (Wildman–Crippen LogP) is 1.27. The lowest BCUT2D eigenvalue weighted by Crippen LogP contribution is -2.25. The van der Waals surface area contributed by atoms with Crippen molar-refractivity contribution in [3.8, 4) is 0 Å². The summed E-state index contributed by atoms with van der Waals surface area (Å²) in [7, 11) is -3.35. The maximum Gasteiger partial charge on any atom is 0.243 e. The molecule has 0 spiro atoms. The van der Waals surface area contributed by atoms with Gasteiger partial charge in [0.15, 0.2) is 0 Å². The fourth-order valence-electron chi connectivity index (χ4n) is 2.17. The van der Waals surface area contributed by atoms with E-state index in [2.05, 4.69) is 14.9 Å². The van der Waals surface area contributed by atoms with Crippen LogP contribution in [0.25, 0.3) is 0 Å². The fourth-order valence-corrected chi connectivity index (χ4v) is 3.12. The van der Waals surface area contributed by atoms with Crippen LogP contribution in [0.1, 0.15) is 32.1 Å². The maximum absolute atomic E-state index is 11.7. The highest BCUT2D eigenvalue weighted by Gasteiger charge is 2.18. The van der Waals surface area contributed by atoms with Crippen LogP contribution in [0.4, 0.5) is 0 Å². The second-order valence-electron chi connectivity index (χ2n) is 4.27. The molecule has 1 saturated carbocycles. The number of aromatic nitrogens is 2. The molecule has 90 valence electrons. The van der Waals surface area contributed by atoms with Crippen molar-refractivity contribution >= 4 is 10.0 Å². The molecule has 1 aliphatic carbocycles. The summed E-state index contributed by atoms with van der Waals surface area (Å²) in [5.41, 5.74) is 0. The number of hydrogen-bond donors (Lipinski definition) is 2. The van der Waals surface area contributed by atoms with Crippen molar-refractivity contribution in [1.82, 2.24) is 14.9 Å². The summed E-state index contributed by atoms with van der Waals surface area (Å²) in [4.78, 5) is 0.207. The van der Waals surface area contributed by atoms with Crippen LogP contribution in [0.5, 0.6) is 0 Å². The Hall–Kier alpha value is -0.880. The summed E-state index contributed by atoms with van der Waals surface area (Å²) in [5.74, 6) is 0.701. The normalized spacial score (nSPS) is 18.0. The molecule has 16 heavy (non-hydrogen) atoms. The molecular formula is C10H17N3O2S. The summed E-state index contributed by atoms with van der Waals surface area (Å²) >= 11 is 0. The lowest BCUT2D eigenvalue weighted by molar-refractivity contribution is 0.495. The van der Waals surface area contributed by atoms with E-state index in [-0.39, 0.29) is 4.90 Å². The van der Waals surface area contributed by atoms with Gasteiger partial charge in [0.05, 0.1) is 6.20 Å². The Morgan fingerprint density at radius 1 is 1.44 bits per heavy atom. The number of H-pyrrole nitrogens is 1. The third-order valence-electron chi connectivity index (χ3n) is 3.10. The van der Waals surface area contributed by atoms with Gasteiger partial charge in [0.25, 0.3) is 0 Å². The molecular weight excluding hydrogens is 226 g/mol. The molecule has 6 heteroatoms. The van der Waals surface area contributed by atoms with Gasteiger partial charge >= 0.3 is 0 Å². The molecule has 1 heterocycles. The molecule has 0 aliphatic heterocycles. The molecule has 0 atom stereocenters. The van der Waals surface area contributed by atoms with Crippen molar-refractivity contribution in [2.24, 2.45) is 5.92 Å². The molecule has 1 aromatic heterocycles. The monoisotopic (exact) mass is 243 g/mol. The van der Waals surface area contributed by atoms with Gasteiger partial charge < -0.3 is 0 Å². The molecule has 0 aromatic carbocycles. The van der Waals surface area contributed by atoms with E-state index in [1.54, 1.807) is 0 Å². The first-order valence-corrected chi connectivity index (χ1v) is 7.15. The van der Waals surface area contributed by atoms with Crippen LogP contribution >= 0.6 is 0 Å². The van der Waals surface area contributed by atoms with Crippen LogP contribution in [0.2, 0.25) is 0 Å². The van der Waals surface area contributed by atoms with Gasteiger partial charge in [0, 0.05) is 12.7 Å². The van der Waals surface area contributed by atoms with Crippen LogP contribution in [0.3, 0.4) is 0 Å². The summed E-state index contributed by atoms with van der Waals surface area (Å²) in [5, 5.41) is 6.13. The van der Waals surface area contributed by atoms with Crippen LogP contribution in [-0.4, -0.2) is 25.2 Å². The molecule has 0 radical (unpaired) electrons. The first kappa shape index (κ1) is 11.6. The molecule has 0 unspecified atom stereocenters. The predicted molar refractivity (Wildman–Crippen MR) is 60.4 cm³/mol. The first-order chi connectivity index (χ1) is 7.68. The Morgan fingerprint density at radius 2 is 2.19 bits per heavy atom. The summed E-state index contributed by atoms with van der Waals surface area (Å²) in [6.45, 7) is 0.526. The third-order valence-corrected chi connectivity index (χ3v) is 4.53. The quantitative estimate of drug-likeness (QED) is 0.817. The number of hydrogen-bond acceptors (Lipinski definition) is 3. The average Bonchev–Trinajstić information content (AvgIpc) is 2.90. The SMILES string of the molecule is O=S(=O)(NCCC1CCCC1)c1cn[nH]c1. The van der Waals surface area contributed by atoms with Crippen LogP contribution in [0, 0.1) is 5.92 Å². The van der Waals surface area contributed by atoms with Gasteiger partial charge in [-0.1, -0.05) is 25.7 Å². The molecule has 0 saturated heterocycles. The molecule has 0 bridgehead atoms. The first-order valence-electron chi connectivity index (χ1n) is 5.67. The van der Waals surface area contributed by atoms with Gasteiger partial charge in [-0.15, -0.1) is 0 Å². The highest BCUT2D eigenvalue weighted by molar-refractivity contribution is 7.89. The lowest BCUT2D eigenvalue weighted by Gasteiger charge is -2.09. The van der Waals surface area contributed by atoms with E-state index in [1.807, 2.05) is 0 Å². The van der Waals surface area contributed by atoms with E-state index >= 15 is 0 Å². The smallest absolute Gasteiger partial charge is 0.243 e. The second kappa shape index (κ2) is 4.97. The zero-order valence-corrected chi connectivity index (χ0v) is 9.96. The molecule has 1 aromatic rings. The minimum atomic E-state index is -3.35. The van der Waals surface area contributed by atoms with Gasteiger partial charge in [-0.3, -0.25) is 5.10 Å². The molecule has 1 fully saturated rings. The number of aromatic amines is 1. The second-order valence-corrected chi connectivity index (χ2v) is 6.04. The lowest BCUT2D eigenvalue weighted by atomic mass is 10.1. The summed E-state index contributed by atoms with van der Waals surface area (Å²) in [6.07, 6.45) is 8.71. The highest BCUT2D eigenvalue weighted by atomic mass is 32.2. The average molecular weight is 243 g/mol. The Morgan fingerprint density at radius 3 is 2.81 bits per heavy atom. The summed E-state index contributed by atoms with van der Waals surface area (Å²) in [6, 6.07) is 0. The maximum atomic E-state index is 11.7. The van der Waals surface area contributed by atoms with E-state index in [4.69, 9.17) is 0 Å². The van der Waals surface area contributed by atoms with E-state index in [1.165, 1.54) is 38.1 Å². The van der Waals surface area contributed by atoms with Crippen molar-refractivity contribution in [2.75, 3.05) is 6.54 Å². The topological polar surface area (TPSA) is 74.8 Å². The van der Waals surface area contributed by atoms with Gasteiger partial charge in [0.1, 0.15) is 4.90 Å². The minimum absolute atomic E-state index is 0.207. The Labute approximate surface area is 95.7 Å². The van der Waals surface area contributed by atoms with Crippen molar-refractivity contribution in [3.63, 3.8) is 0 Å². The van der Waals surface area contributed by atoms with E-state index in [0.717, 1.165) is 6.42 Å². The van der Waals surface area contributed by atoms with Gasteiger partial charge in [0.2, 0.25) is 10.0 Å². The van der Waals surface area contributed by atoms with E-state index in [0.29, 0.717) is 12.5 Å². The number of nitrogens with one attached hydrogen (secondary N) is 2. The van der Waals surface area contributed by atoms with Crippen LogP contribution in [-0.2, 0) is 10.0 Å². The minimum Gasteiger partial charge on any atom is -0.284 e. The van der Waals surface area contributed by atoms with Crippen molar-refractivity contribution in [2.45, 2.75) is 37.0 Å². The largest absolute Gasteiger partial charge is 0.284 e.